The molecular formula is C42H72O14. The van der Waals surface area contributed by atoms with Crippen LogP contribution in [0.15, 0.2) is 11.6 Å². The molecule has 5 fully saturated rings. The summed E-state index contributed by atoms with van der Waals surface area (Å²) >= 11 is 0. The molecule has 0 aromatic heterocycles. The smallest absolute Gasteiger partial charge is 0.187 e. The van der Waals surface area contributed by atoms with E-state index in [1.165, 1.54) is 5.57 Å². The lowest BCUT2D eigenvalue weighted by atomic mass is 9.38. The second-order valence-electron chi connectivity index (χ2n) is 20.2. The maximum atomic E-state index is 12.4. The molecule has 0 aromatic carbocycles. The zero-order chi connectivity index (χ0) is 41.5. The van der Waals surface area contributed by atoms with Crippen LogP contribution in [-0.4, -0.2) is 150 Å². The molecule has 14 heteroatoms. The Bertz CT molecular complexity index is 1400. The van der Waals surface area contributed by atoms with Gasteiger partial charge in [-0.2, -0.15) is 0 Å². The predicted octanol–water partition coefficient (Wildman–Crippen LogP) is 1.12. The minimum atomic E-state index is -1.57. The van der Waals surface area contributed by atoms with Crippen molar-refractivity contribution in [3.8, 4) is 0 Å². The standard InChI is InChI=1S/C42H72O14/c1-20(9-13-27(45)39(4,5)56-37-35(52)33(50)31(48)25(19-44)54-37)21-15-16-40(6)26-12-10-22-23(42(26,8)28(46)17-41(21,40)7)11-14-29(38(22,2)3)55-36-34(51)32(49)30(47)24(18-43)53-36/h10,20-21,23-37,43-52H,9,11-19H2,1-8H3/t20-,21+,23+,24+,25+,26-,27+,28+,29-,30+,31+,32-,33-,34+,35+,36-,37-,40-,41+,42-/m0/s1. The van der Waals surface area contributed by atoms with Crippen LogP contribution in [0.2, 0.25) is 0 Å². The summed E-state index contributed by atoms with van der Waals surface area (Å²) in [4.78, 5) is 0. The lowest BCUT2D eigenvalue weighted by molar-refractivity contribution is -0.331. The van der Waals surface area contributed by atoms with Gasteiger partial charge in [0.2, 0.25) is 0 Å². The molecule has 0 bridgehead atoms. The second-order valence-corrected chi connectivity index (χ2v) is 20.2. The number of hydrogen-bond donors (Lipinski definition) is 10. The predicted molar refractivity (Wildman–Crippen MR) is 202 cm³/mol. The van der Waals surface area contributed by atoms with E-state index in [4.69, 9.17) is 18.9 Å². The highest BCUT2D eigenvalue weighted by atomic mass is 16.7. The van der Waals surface area contributed by atoms with Crippen molar-refractivity contribution in [2.24, 2.45) is 45.3 Å². The Morgan fingerprint density at radius 2 is 1.34 bits per heavy atom. The summed E-state index contributed by atoms with van der Waals surface area (Å²) < 4.78 is 23.7. The van der Waals surface area contributed by atoms with Crippen molar-refractivity contribution in [1.82, 2.24) is 0 Å². The summed E-state index contributed by atoms with van der Waals surface area (Å²) in [6.45, 7) is 15.9. The van der Waals surface area contributed by atoms with Gasteiger partial charge in [0.25, 0.3) is 0 Å². The van der Waals surface area contributed by atoms with Gasteiger partial charge in [0.15, 0.2) is 12.6 Å². The van der Waals surface area contributed by atoms with Crippen LogP contribution in [0, 0.1) is 45.3 Å². The van der Waals surface area contributed by atoms with E-state index in [-0.39, 0.29) is 40.1 Å². The van der Waals surface area contributed by atoms with Crippen LogP contribution in [0.1, 0.15) is 107 Å². The molecule has 2 saturated heterocycles. The summed E-state index contributed by atoms with van der Waals surface area (Å²) in [5.74, 6) is 0.863. The third-order valence-electron chi connectivity index (χ3n) is 16.7. The molecule has 0 unspecified atom stereocenters. The topological polar surface area (TPSA) is 239 Å². The quantitative estimate of drug-likeness (QED) is 0.132. The number of aliphatic hydroxyl groups excluding tert-OH is 10. The van der Waals surface area contributed by atoms with E-state index in [1.807, 2.05) is 0 Å². The number of ether oxygens (including phenoxy) is 4. The van der Waals surface area contributed by atoms with Crippen LogP contribution in [0.3, 0.4) is 0 Å². The van der Waals surface area contributed by atoms with E-state index < -0.39 is 97.8 Å². The minimum absolute atomic E-state index is 0.0557. The van der Waals surface area contributed by atoms with E-state index in [2.05, 4.69) is 47.6 Å². The Balaban J connectivity index is 1.14. The number of allylic oxidation sites excluding steroid dienone is 1. The Labute approximate surface area is 331 Å². The van der Waals surface area contributed by atoms with Gasteiger partial charge >= 0.3 is 0 Å². The van der Waals surface area contributed by atoms with Gasteiger partial charge in [-0.15, -0.1) is 0 Å². The van der Waals surface area contributed by atoms with Crippen LogP contribution in [0.4, 0.5) is 0 Å². The van der Waals surface area contributed by atoms with E-state index >= 15 is 0 Å². The Hall–Kier alpha value is -0.820. The van der Waals surface area contributed by atoms with E-state index in [9.17, 15) is 51.1 Å². The maximum Gasteiger partial charge on any atom is 0.187 e. The third kappa shape index (κ3) is 7.06. The monoisotopic (exact) mass is 800 g/mol. The van der Waals surface area contributed by atoms with Crippen molar-refractivity contribution in [3.63, 3.8) is 0 Å². The molecule has 6 aliphatic rings. The number of fused-ring (bicyclic) bond motifs is 5. The third-order valence-corrected chi connectivity index (χ3v) is 16.7. The fourth-order valence-corrected chi connectivity index (χ4v) is 12.7. The molecule has 0 radical (unpaired) electrons. The molecular weight excluding hydrogens is 728 g/mol. The number of aliphatic hydroxyl groups is 10. The Morgan fingerprint density at radius 1 is 0.768 bits per heavy atom. The fraction of sp³-hybridized carbons (Fsp3) is 0.952. The molecule has 2 aliphatic heterocycles. The van der Waals surface area contributed by atoms with Crippen molar-refractivity contribution in [3.05, 3.63) is 11.6 Å². The summed E-state index contributed by atoms with van der Waals surface area (Å²) in [6, 6.07) is 0. The second kappa shape index (κ2) is 15.9. The molecule has 0 aromatic rings. The van der Waals surface area contributed by atoms with Crippen molar-refractivity contribution in [2.75, 3.05) is 13.2 Å². The van der Waals surface area contributed by atoms with Gasteiger partial charge in [-0.3, -0.25) is 0 Å². The SMILES string of the molecule is C[C@@H](CC[C@@H](O)C(C)(C)O[C@@H]1O[C@H](CO)[C@@H](O)[C@H](O)[C@H]1O)[C@H]1CC[C@@]2(C)[C@@H]3CC=C4[C@@H](CC[C@H](O[C@@H]5O[C@H](CO)[C@@H](O)[C@H](O)[C@H]5O)C4(C)C)[C@]3(C)[C@H](O)C[C@]12C. The maximum absolute atomic E-state index is 12.4. The Kier molecular flexibility index (Phi) is 12.7. The highest BCUT2D eigenvalue weighted by Crippen LogP contribution is 2.75. The van der Waals surface area contributed by atoms with E-state index in [1.54, 1.807) is 13.8 Å². The molecule has 20 atom stereocenters. The van der Waals surface area contributed by atoms with Crippen LogP contribution in [-0.2, 0) is 18.9 Å². The van der Waals surface area contributed by atoms with Gasteiger partial charge < -0.3 is 70.0 Å². The van der Waals surface area contributed by atoms with Crippen LogP contribution in [0.5, 0.6) is 0 Å². The molecule has 0 spiro atoms. The summed E-state index contributed by atoms with van der Waals surface area (Å²) in [5, 5.41) is 105. The number of rotatable bonds is 11. The van der Waals surface area contributed by atoms with Crippen molar-refractivity contribution >= 4 is 0 Å². The van der Waals surface area contributed by atoms with Gasteiger partial charge in [0.1, 0.15) is 48.8 Å². The first kappa shape index (κ1) is 44.7. The molecule has 4 aliphatic carbocycles. The van der Waals surface area contributed by atoms with Crippen molar-refractivity contribution in [2.45, 2.75) is 192 Å². The van der Waals surface area contributed by atoms with Gasteiger partial charge in [0, 0.05) is 10.8 Å². The molecule has 3 saturated carbocycles. The molecule has 324 valence electrons. The zero-order valence-electron chi connectivity index (χ0n) is 34.6. The largest absolute Gasteiger partial charge is 0.394 e. The lowest BCUT2D eigenvalue weighted by Crippen LogP contribution is -2.65. The summed E-state index contributed by atoms with van der Waals surface area (Å²) in [7, 11) is 0. The minimum Gasteiger partial charge on any atom is -0.394 e. The van der Waals surface area contributed by atoms with Crippen molar-refractivity contribution in [1.29, 1.82) is 0 Å². The molecule has 2 heterocycles. The zero-order valence-corrected chi connectivity index (χ0v) is 34.6. The van der Waals surface area contributed by atoms with E-state index in [0.717, 1.165) is 25.7 Å². The first-order valence-corrected chi connectivity index (χ1v) is 21.0. The number of hydrogen-bond acceptors (Lipinski definition) is 14. The van der Waals surface area contributed by atoms with Gasteiger partial charge in [0.05, 0.1) is 37.1 Å². The molecule has 56 heavy (non-hydrogen) atoms. The summed E-state index contributed by atoms with van der Waals surface area (Å²) in [6.07, 6.45) is -7.25. The average molecular weight is 801 g/mol. The van der Waals surface area contributed by atoms with Crippen LogP contribution >= 0.6 is 0 Å². The van der Waals surface area contributed by atoms with Gasteiger partial charge in [-0.05, 0) is 99.7 Å². The average Bonchev–Trinajstić information content (AvgIpc) is 3.41. The molecule has 10 N–H and O–H groups in total. The van der Waals surface area contributed by atoms with Crippen LogP contribution < -0.4 is 0 Å². The highest BCUT2D eigenvalue weighted by molar-refractivity contribution is 5.32. The molecule has 14 nitrogen and oxygen atoms in total. The first-order chi connectivity index (χ1) is 26.0. The van der Waals surface area contributed by atoms with Crippen LogP contribution in [0.25, 0.3) is 0 Å². The lowest BCUT2D eigenvalue weighted by Gasteiger charge is -2.67. The summed E-state index contributed by atoms with van der Waals surface area (Å²) in [5.41, 5.74) is -1.03. The van der Waals surface area contributed by atoms with Crippen molar-refractivity contribution < 1.29 is 70.0 Å². The molecule has 6 rings (SSSR count). The Morgan fingerprint density at radius 3 is 1.93 bits per heavy atom. The molecule has 0 amide bonds. The van der Waals surface area contributed by atoms with Gasteiger partial charge in [-0.25, -0.2) is 0 Å². The highest BCUT2D eigenvalue weighted by Gasteiger charge is 2.70. The fourth-order valence-electron chi connectivity index (χ4n) is 12.7. The first-order valence-electron chi connectivity index (χ1n) is 21.0. The normalized spacial score (nSPS) is 50.3. The van der Waals surface area contributed by atoms with Gasteiger partial charge in [-0.1, -0.05) is 53.2 Å². The van der Waals surface area contributed by atoms with E-state index in [0.29, 0.717) is 31.6 Å².